The first-order valence-corrected chi connectivity index (χ1v) is 13.0. The molecule has 0 spiro atoms. The first-order valence-electron chi connectivity index (χ1n) is 12.6. The summed E-state index contributed by atoms with van der Waals surface area (Å²) in [7, 11) is 3.08. The summed E-state index contributed by atoms with van der Waals surface area (Å²) in [5.41, 5.74) is 3.06. The standard InChI is InChI=1S/C30H26ClN3O5/c1-38-20-10-7-17(8-11-20)16-34-29(36)24-25(30(34)37)27(28(35)32-22-15-19(31)9-12-23(22)39-2)33-14-13-18-5-3-4-6-21(18)26(24)33/h3-15,24-27H,16H2,1-2H3,(H,32,35)/t24-,25+,26-,27+/m0/s1. The number of likely N-dealkylation sites (tertiary alicyclic amines) is 1. The third-order valence-corrected chi connectivity index (χ3v) is 7.98. The van der Waals surface area contributed by atoms with Gasteiger partial charge in [0.15, 0.2) is 0 Å². The average molecular weight is 544 g/mol. The fraction of sp³-hybridized carbons (Fsp3) is 0.233. The van der Waals surface area contributed by atoms with Crippen LogP contribution in [0.1, 0.15) is 22.7 Å². The van der Waals surface area contributed by atoms with E-state index in [1.807, 2.05) is 53.6 Å². The highest BCUT2D eigenvalue weighted by Gasteiger charge is 2.64. The normalized spacial score (nSPS) is 22.8. The summed E-state index contributed by atoms with van der Waals surface area (Å²) in [6, 6.07) is 18.6. The van der Waals surface area contributed by atoms with Crippen LogP contribution in [0, 0.1) is 11.8 Å². The van der Waals surface area contributed by atoms with Gasteiger partial charge < -0.3 is 19.7 Å². The number of nitrogens with zero attached hydrogens (tertiary/aromatic N) is 2. The molecule has 39 heavy (non-hydrogen) atoms. The molecule has 3 aromatic rings. The van der Waals surface area contributed by atoms with Crippen molar-refractivity contribution in [2.45, 2.75) is 18.6 Å². The predicted octanol–water partition coefficient (Wildman–Crippen LogP) is 4.51. The van der Waals surface area contributed by atoms with Gasteiger partial charge in [-0.25, -0.2) is 0 Å². The Morgan fingerprint density at radius 3 is 2.44 bits per heavy atom. The number of imide groups is 1. The second-order valence-electron chi connectivity index (χ2n) is 9.78. The van der Waals surface area contributed by atoms with E-state index >= 15 is 0 Å². The van der Waals surface area contributed by atoms with E-state index in [-0.39, 0.29) is 18.4 Å². The summed E-state index contributed by atoms with van der Waals surface area (Å²) < 4.78 is 10.6. The molecule has 2 fully saturated rings. The van der Waals surface area contributed by atoms with Gasteiger partial charge in [0.1, 0.15) is 17.5 Å². The number of benzene rings is 3. The van der Waals surface area contributed by atoms with Gasteiger partial charge in [-0.2, -0.15) is 0 Å². The molecule has 1 N–H and O–H groups in total. The zero-order valence-corrected chi connectivity index (χ0v) is 22.1. The zero-order chi connectivity index (χ0) is 27.3. The van der Waals surface area contributed by atoms with Crippen LogP contribution in [0.25, 0.3) is 6.08 Å². The number of halogens is 1. The molecule has 0 aliphatic carbocycles. The number of carbonyl (C=O) groups is 3. The quantitative estimate of drug-likeness (QED) is 0.460. The summed E-state index contributed by atoms with van der Waals surface area (Å²) in [4.78, 5) is 44.9. The Bertz CT molecular complexity index is 1500. The Balaban J connectivity index is 1.38. The summed E-state index contributed by atoms with van der Waals surface area (Å²) in [5, 5.41) is 3.34. The number of anilines is 1. The molecule has 0 bridgehead atoms. The zero-order valence-electron chi connectivity index (χ0n) is 21.3. The number of amides is 3. The molecular formula is C30H26ClN3O5. The summed E-state index contributed by atoms with van der Waals surface area (Å²) in [5.74, 6) is -1.50. The minimum absolute atomic E-state index is 0.120. The second-order valence-corrected chi connectivity index (χ2v) is 10.2. The van der Waals surface area contributed by atoms with E-state index in [1.54, 1.807) is 37.4 Å². The van der Waals surface area contributed by atoms with E-state index in [0.717, 1.165) is 16.7 Å². The smallest absolute Gasteiger partial charge is 0.248 e. The summed E-state index contributed by atoms with van der Waals surface area (Å²) in [6.07, 6.45) is 3.73. The molecule has 0 aromatic heterocycles. The number of fused-ring (bicyclic) bond motifs is 5. The van der Waals surface area contributed by atoms with Crippen molar-refractivity contribution in [1.29, 1.82) is 0 Å². The van der Waals surface area contributed by atoms with Gasteiger partial charge in [-0.15, -0.1) is 0 Å². The lowest BCUT2D eigenvalue weighted by Gasteiger charge is -2.35. The fourth-order valence-corrected chi connectivity index (χ4v) is 6.14. The van der Waals surface area contributed by atoms with Crippen LogP contribution in [0.2, 0.25) is 5.02 Å². The maximum atomic E-state index is 13.9. The first-order chi connectivity index (χ1) is 18.9. The van der Waals surface area contributed by atoms with Crippen LogP contribution in [0.5, 0.6) is 11.5 Å². The van der Waals surface area contributed by atoms with Crippen molar-refractivity contribution < 1.29 is 23.9 Å². The molecule has 0 unspecified atom stereocenters. The molecule has 3 amide bonds. The SMILES string of the molecule is COc1ccc(CN2C(=O)[C@@H]3[C@H](C2=O)[C@@H]2c4ccccc4C=CN2[C@H]3C(=O)Nc2cc(Cl)ccc2OC)cc1. The highest BCUT2D eigenvalue weighted by atomic mass is 35.5. The largest absolute Gasteiger partial charge is 0.497 e. The van der Waals surface area contributed by atoms with Crippen molar-refractivity contribution >= 4 is 41.1 Å². The lowest BCUT2D eigenvalue weighted by atomic mass is 9.84. The molecule has 4 atom stereocenters. The lowest BCUT2D eigenvalue weighted by molar-refractivity contribution is -0.143. The van der Waals surface area contributed by atoms with E-state index in [0.29, 0.717) is 22.2 Å². The molecule has 0 radical (unpaired) electrons. The van der Waals surface area contributed by atoms with Gasteiger partial charge in [0, 0.05) is 11.2 Å². The molecule has 3 aromatic carbocycles. The van der Waals surface area contributed by atoms with Crippen LogP contribution in [0.3, 0.4) is 0 Å². The van der Waals surface area contributed by atoms with Crippen molar-refractivity contribution in [3.63, 3.8) is 0 Å². The van der Waals surface area contributed by atoms with Crippen LogP contribution in [0.4, 0.5) is 5.69 Å². The van der Waals surface area contributed by atoms with Gasteiger partial charge in [-0.05, 0) is 53.1 Å². The Morgan fingerprint density at radius 1 is 0.949 bits per heavy atom. The number of nitrogens with one attached hydrogen (secondary N) is 1. The van der Waals surface area contributed by atoms with Gasteiger partial charge in [0.25, 0.3) is 0 Å². The fourth-order valence-electron chi connectivity index (χ4n) is 5.97. The highest BCUT2D eigenvalue weighted by Crippen LogP contribution is 2.53. The Morgan fingerprint density at radius 2 is 1.69 bits per heavy atom. The average Bonchev–Trinajstić information content (AvgIpc) is 3.42. The number of carbonyl (C=O) groups excluding carboxylic acids is 3. The molecule has 9 heteroatoms. The van der Waals surface area contributed by atoms with Crippen molar-refractivity contribution in [3.05, 3.63) is 94.6 Å². The molecular weight excluding hydrogens is 518 g/mol. The lowest BCUT2D eigenvalue weighted by Crippen LogP contribution is -2.46. The third-order valence-electron chi connectivity index (χ3n) is 7.74. The maximum Gasteiger partial charge on any atom is 0.248 e. The monoisotopic (exact) mass is 543 g/mol. The van der Waals surface area contributed by atoms with Crippen molar-refractivity contribution in [3.8, 4) is 11.5 Å². The van der Waals surface area contributed by atoms with Crippen LogP contribution < -0.4 is 14.8 Å². The van der Waals surface area contributed by atoms with Crippen LogP contribution in [0.15, 0.2) is 72.9 Å². The molecule has 3 aliphatic heterocycles. The summed E-state index contributed by atoms with van der Waals surface area (Å²) >= 11 is 6.19. The first kappa shape index (κ1) is 25.0. The minimum atomic E-state index is -0.911. The number of rotatable bonds is 6. The van der Waals surface area contributed by atoms with Crippen molar-refractivity contribution in [1.82, 2.24) is 9.80 Å². The van der Waals surface area contributed by atoms with Gasteiger partial charge in [-0.1, -0.05) is 48.0 Å². The third kappa shape index (κ3) is 4.12. The van der Waals surface area contributed by atoms with Gasteiger partial charge >= 0.3 is 0 Å². The predicted molar refractivity (Wildman–Crippen MR) is 146 cm³/mol. The molecule has 8 nitrogen and oxygen atoms in total. The van der Waals surface area contributed by atoms with Crippen LogP contribution in [-0.2, 0) is 20.9 Å². The maximum absolute atomic E-state index is 13.9. The van der Waals surface area contributed by atoms with Crippen molar-refractivity contribution in [2.75, 3.05) is 19.5 Å². The number of ether oxygens (including phenoxy) is 2. The highest BCUT2D eigenvalue weighted by molar-refractivity contribution is 6.31. The van der Waals surface area contributed by atoms with E-state index in [4.69, 9.17) is 21.1 Å². The molecule has 2 saturated heterocycles. The van der Waals surface area contributed by atoms with Crippen LogP contribution >= 0.6 is 11.6 Å². The van der Waals surface area contributed by atoms with E-state index in [9.17, 15) is 14.4 Å². The Hall–Kier alpha value is -4.30. The Labute approximate surface area is 230 Å². The molecule has 6 rings (SSSR count). The number of hydrogen-bond acceptors (Lipinski definition) is 6. The molecule has 0 saturated carbocycles. The number of methoxy groups -OCH3 is 2. The van der Waals surface area contributed by atoms with Gasteiger partial charge in [-0.3, -0.25) is 19.3 Å². The number of hydrogen-bond donors (Lipinski definition) is 1. The summed E-state index contributed by atoms with van der Waals surface area (Å²) in [6.45, 7) is 0.120. The van der Waals surface area contributed by atoms with Gasteiger partial charge in [0.05, 0.1) is 44.3 Å². The molecule has 198 valence electrons. The molecule has 3 aliphatic rings. The van der Waals surface area contributed by atoms with Crippen molar-refractivity contribution in [2.24, 2.45) is 11.8 Å². The minimum Gasteiger partial charge on any atom is -0.497 e. The topological polar surface area (TPSA) is 88.2 Å². The van der Waals surface area contributed by atoms with Gasteiger partial charge in [0.2, 0.25) is 17.7 Å². The van der Waals surface area contributed by atoms with E-state index in [2.05, 4.69) is 5.32 Å². The van der Waals surface area contributed by atoms with Crippen LogP contribution in [-0.4, -0.2) is 47.8 Å². The van der Waals surface area contributed by atoms with E-state index < -0.39 is 29.8 Å². The second kappa shape index (κ2) is 9.78. The molecule has 3 heterocycles. The Kier molecular flexibility index (Phi) is 6.27. The van der Waals surface area contributed by atoms with E-state index in [1.165, 1.54) is 12.0 Å².